The van der Waals surface area contributed by atoms with Crippen molar-refractivity contribution in [3.05, 3.63) is 62.7 Å². The first-order valence-electron chi connectivity index (χ1n) is 6.12. The zero-order valence-electron chi connectivity index (χ0n) is 11.4. The van der Waals surface area contributed by atoms with Gasteiger partial charge in [-0.2, -0.15) is 0 Å². The molecule has 0 radical (unpaired) electrons. The molecule has 6 heteroatoms. The summed E-state index contributed by atoms with van der Waals surface area (Å²) in [7, 11) is 0. The summed E-state index contributed by atoms with van der Waals surface area (Å²) in [6, 6.07) is 9.08. The molecule has 0 aliphatic rings. The number of ether oxygens (including phenoxy) is 1. The molecule has 0 bridgehead atoms. The highest BCUT2D eigenvalue weighted by molar-refractivity contribution is 6.34. The zero-order chi connectivity index (χ0) is 15.6. The van der Waals surface area contributed by atoms with E-state index in [4.69, 9.17) is 16.3 Å². The summed E-state index contributed by atoms with van der Waals surface area (Å²) in [5.74, 6) is 0.826. The van der Waals surface area contributed by atoms with Gasteiger partial charge in [-0.05, 0) is 37.6 Å². The molecule has 5 nitrogen and oxygen atoms in total. The van der Waals surface area contributed by atoms with Crippen molar-refractivity contribution >= 4 is 23.1 Å². The van der Waals surface area contributed by atoms with Crippen LogP contribution in [-0.4, -0.2) is 10.7 Å². The first-order valence-corrected chi connectivity index (χ1v) is 6.49. The molecule has 108 valence electrons. The number of benzene rings is 2. The van der Waals surface area contributed by atoms with Crippen molar-refractivity contribution in [3.8, 4) is 11.5 Å². The van der Waals surface area contributed by atoms with Gasteiger partial charge in [0.25, 0.3) is 5.69 Å². The molecule has 2 rings (SSSR count). The second-order valence-electron chi connectivity index (χ2n) is 4.51. The molecule has 0 unspecified atom stereocenters. The lowest BCUT2D eigenvalue weighted by atomic mass is 10.1. The van der Waals surface area contributed by atoms with Crippen molar-refractivity contribution in [3.63, 3.8) is 0 Å². The number of halogens is 1. The number of ketones is 1. The van der Waals surface area contributed by atoms with Crippen LogP contribution in [0.4, 0.5) is 5.69 Å². The molecule has 0 aromatic heterocycles. The molecule has 0 amide bonds. The minimum Gasteiger partial charge on any atom is -0.457 e. The van der Waals surface area contributed by atoms with Gasteiger partial charge in [0.2, 0.25) is 0 Å². The molecule has 21 heavy (non-hydrogen) atoms. The fraction of sp³-hybridized carbons (Fsp3) is 0.133. The Morgan fingerprint density at radius 1 is 1.24 bits per heavy atom. The van der Waals surface area contributed by atoms with E-state index in [0.717, 1.165) is 0 Å². The number of rotatable bonds is 4. The number of hydrogen-bond acceptors (Lipinski definition) is 4. The minimum absolute atomic E-state index is 0.00445. The van der Waals surface area contributed by atoms with Crippen LogP contribution in [0.3, 0.4) is 0 Å². The number of carbonyl (C=O) groups is 1. The van der Waals surface area contributed by atoms with Crippen LogP contribution in [0.15, 0.2) is 36.4 Å². The van der Waals surface area contributed by atoms with Crippen LogP contribution in [0.1, 0.15) is 22.8 Å². The summed E-state index contributed by atoms with van der Waals surface area (Å²) in [4.78, 5) is 21.5. The summed E-state index contributed by atoms with van der Waals surface area (Å²) in [5.41, 5.74) is 1.06. The SMILES string of the molecule is CC(=O)c1ccc(Oc2ccc([N+](=O)[O-])cc2C)cc1Cl. The molecule has 0 atom stereocenters. The second kappa shape index (κ2) is 5.93. The van der Waals surface area contributed by atoms with Crippen molar-refractivity contribution in [2.24, 2.45) is 0 Å². The smallest absolute Gasteiger partial charge is 0.269 e. The predicted molar refractivity (Wildman–Crippen MR) is 79.4 cm³/mol. The van der Waals surface area contributed by atoms with Crippen LogP contribution in [0, 0.1) is 17.0 Å². The summed E-state index contributed by atoms with van der Waals surface area (Å²) < 4.78 is 5.64. The van der Waals surface area contributed by atoms with E-state index in [0.29, 0.717) is 27.6 Å². The zero-order valence-corrected chi connectivity index (χ0v) is 12.2. The highest BCUT2D eigenvalue weighted by Gasteiger charge is 2.11. The normalized spacial score (nSPS) is 10.2. The molecule has 0 aliphatic carbocycles. The molecule has 2 aromatic rings. The second-order valence-corrected chi connectivity index (χ2v) is 4.91. The largest absolute Gasteiger partial charge is 0.457 e. The monoisotopic (exact) mass is 305 g/mol. The van der Waals surface area contributed by atoms with Crippen molar-refractivity contribution in [2.75, 3.05) is 0 Å². The van der Waals surface area contributed by atoms with E-state index >= 15 is 0 Å². The fourth-order valence-corrected chi connectivity index (χ4v) is 2.14. The number of hydrogen-bond donors (Lipinski definition) is 0. The quantitative estimate of drug-likeness (QED) is 0.472. The van der Waals surface area contributed by atoms with Gasteiger partial charge in [0.1, 0.15) is 11.5 Å². The first-order chi connectivity index (χ1) is 9.88. The minimum atomic E-state index is -0.463. The molecule has 0 saturated heterocycles. The van der Waals surface area contributed by atoms with Crippen LogP contribution in [-0.2, 0) is 0 Å². The van der Waals surface area contributed by atoms with Crippen molar-refractivity contribution in [1.82, 2.24) is 0 Å². The van der Waals surface area contributed by atoms with Gasteiger partial charge in [0, 0.05) is 23.8 Å². The van der Waals surface area contributed by atoms with Crippen molar-refractivity contribution in [1.29, 1.82) is 0 Å². The standard InChI is InChI=1S/C15H12ClNO4/c1-9-7-11(17(19)20)3-6-15(9)21-12-4-5-13(10(2)18)14(16)8-12/h3-8H,1-2H3. The summed E-state index contributed by atoms with van der Waals surface area (Å²) in [5, 5.41) is 11.0. The van der Waals surface area contributed by atoms with Gasteiger partial charge in [-0.3, -0.25) is 14.9 Å². The molecule has 0 N–H and O–H groups in total. The summed E-state index contributed by atoms with van der Waals surface area (Å²) >= 11 is 6.01. The van der Waals surface area contributed by atoms with E-state index in [-0.39, 0.29) is 11.5 Å². The number of nitro groups is 1. The maximum Gasteiger partial charge on any atom is 0.269 e. The fourth-order valence-electron chi connectivity index (χ4n) is 1.83. The Bertz CT molecular complexity index is 728. The Morgan fingerprint density at radius 2 is 1.95 bits per heavy atom. The van der Waals surface area contributed by atoms with Crippen molar-refractivity contribution < 1.29 is 14.5 Å². The van der Waals surface area contributed by atoms with E-state index in [1.165, 1.54) is 25.1 Å². The van der Waals surface area contributed by atoms with Crippen LogP contribution < -0.4 is 4.74 Å². The summed E-state index contributed by atoms with van der Waals surface area (Å²) in [6.45, 7) is 3.15. The maximum atomic E-state index is 11.3. The van der Waals surface area contributed by atoms with E-state index in [1.807, 2.05) is 0 Å². The Balaban J connectivity index is 2.28. The van der Waals surface area contributed by atoms with Gasteiger partial charge in [0.15, 0.2) is 5.78 Å². The number of nitrogens with zero attached hydrogens (tertiary/aromatic N) is 1. The van der Waals surface area contributed by atoms with Crippen LogP contribution in [0.2, 0.25) is 5.02 Å². The Morgan fingerprint density at radius 3 is 2.48 bits per heavy atom. The number of Topliss-reactive ketones (excluding diaryl/α,β-unsaturated/α-hetero) is 1. The molecule has 0 spiro atoms. The molecular weight excluding hydrogens is 294 g/mol. The lowest BCUT2D eigenvalue weighted by Crippen LogP contribution is -1.95. The van der Waals surface area contributed by atoms with Gasteiger partial charge in [-0.15, -0.1) is 0 Å². The van der Waals surface area contributed by atoms with Gasteiger partial charge in [-0.25, -0.2) is 0 Å². The maximum absolute atomic E-state index is 11.3. The predicted octanol–water partition coefficient (Wildman–Crippen LogP) is 4.55. The molecule has 0 heterocycles. The third kappa shape index (κ3) is 3.38. The third-order valence-electron chi connectivity index (χ3n) is 2.92. The average molecular weight is 306 g/mol. The Kier molecular flexibility index (Phi) is 4.23. The van der Waals surface area contributed by atoms with E-state index in [2.05, 4.69) is 0 Å². The summed E-state index contributed by atoms with van der Waals surface area (Å²) in [6.07, 6.45) is 0. The molecular formula is C15H12ClNO4. The lowest BCUT2D eigenvalue weighted by molar-refractivity contribution is -0.384. The van der Waals surface area contributed by atoms with E-state index in [9.17, 15) is 14.9 Å². The van der Waals surface area contributed by atoms with Crippen LogP contribution in [0.25, 0.3) is 0 Å². The molecule has 0 saturated carbocycles. The van der Waals surface area contributed by atoms with Crippen molar-refractivity contribution in [2.45, 2.75) is 13.8 Å². The Labute approximate surface area is 126 Å². The average Bonchev–Trinajstić information content (AvgIpc) is 2.40. The highest BCUT2D eigenvalue weighted by atomic mass is 35.5. The molecule has 0 aliphatic heterocycles. The van der Waals surface area contributed by atoms with Gasteiger partial charge in [-0.1, -0.05) is 11.6 Å². The topological polar surface area (TPSA) is 69.4 Å². The van der Waals surface area contributed by atoms with Gasteiger partial charge in [0.05, 0.1) is 9.95 Å². The van der Waals surface area contributed by atoms with Crippen LogP contribution >= 0.6 is 11.6 Å². The van der Waals surface area contributed by atoms with Crippen LogP contribution in [0.5, 0.6) is 11.5 Å². The van der Waals surface area contributed by atoms with Gasteiger partial charge >= 0.3 is 0 Å². The van der Waals surface area contributed by atoms with E-state index < -0.39 is 4.92 Å². The van der Waals surface area contributed by atoms with E-state index in [1.54, 1.807) is 25.1 Å². The third-order valence-corrected chi connectivity index (χ3v) is 3.23. The first kappa shape index (κ1) is 15.0. The Hall–Kier alpha value is -2.40. The number of carbonyl (C=O) groups excluding carboxylic acids is 1. The molecule has 0 fully saturated rings. The number of aryl methyl sites for hydroxylation is 1. The number of nitro benzene ring substituents is 1. The lowest BCUT2D eigenvalue weighted by Gasteiger charge is -2.09. The van der Waals surface area contributed by atoms with Gasteiger partial charge < -0.3 is 4.74 Å². The highest BCUT2D eigenvalue weighted by Crippen LogP contribution is 2.30. The number of non-ortho nitro benzene ring substituents is 1. The molecule has 2 aromatic carbocycles.